The van der Waals surface area contributed by atoms with Crippen LogP contribution in [0.15, 0.2) is 60.7 Å². The van der Waals surface area contributed by atoms with Gasteiger partial charge >= 0.3 is 0 Å². The fourth-order valence-electron chi connectivity index (χ4n) is 5.17. The Balaban J connectivity index is 1.51. The standard InChI is InChI=1S/C27H25N/c1-2-8-27(9-3-1)28-11-10-21-14-24-15-22-12-19-6-4-5-7-20(19)13-23(22)16-25(24)17-26(21)18-28/h4-7,10,12-18,27H,1-3,8-9,11H2. The lowest BCUT2D eigenvalue weighted by atomic mass is 9.93. The zero-order chi connectivity index (χ0) is 18.5. The molecule has 6 rings (SSSR count). The van der Waals surface area contributed by atoms with E-state index in [9.17, 15) is 0 Å². The monoisotopic (exact) mass is 363 g/mol. The molecule has 0 bridgehead atoms. The van der Waals surface area contributed by atoms with Crippen LogP contribution in [0.3, 0.4) is 0 Å². The van der Waals surface area contributed by atoms with Crippen LogP contribution < -0.4 is 10.4 Å². The number of benzene rings is 4. The number of rotatable bonds is 1. The van der Waals surface area contributed by atoms with Crippen LogP contribution in [0.25, 0.3) is 44.6 Å². The van der Waals surface area contributed by atoms with Crippen LogP contribution in [0.2, 0.25) is 0 Å². The molecule has 4 aromatic carbocycles. The molecule has 0 N–H and O–H groups in total. The van der Waals surface area contributed by atoms with E-state index in [0.717, 1.165) is 12.6 Å². The number of nitrogens with zero attached hydrogens (tertiary/aromatic N) is 1. The van der Waals surface area contributed by atoms with Gasteiger partial charge in [0.25, 0.3) is 0 Å². The molecular formula is C27H25N. The Morgan fingerprint density at radius 3 is 1.86 bits per heavy atom. The van der Waals surface area contributed by atoms with Gasteiger partial charge in [-0.25, -0.2) is 0 Å². The van der Waals surface area contributed by atoms with E-state index in [0.29, 0.717) is 0 Å². The third kappa shape index (κ3) is 2.69. The molecule has 28 heavy (non-hydrogen) atoms. The van der Waals surface area contributed by atoms with Crippen LogP contribution in [-0.4, -0.2) is 17.5 Å². The summed E-state index contributed by atoms with van der Waals surface area (Å²) < 4.78 is 0. The maximum absolute atomic E-state index is 2.59. The van der Waals surface area contributed by atoms with Gasteiger partial charge < -0.3 is 4.90 Å². The van der Waals surface area contributed by atoms with E-state index >= 15 is 0 Å². The van der Waals surface area contributed by atoms with Crippen molar-refractivity contribution in [3.05, 3.63) is 71.1 Å². The maximum atomic E-state index is 2.59. The average Bonchev–Trinajstić information content (AvgIpc) is 2.75. The summed E-state index contributed by atoms with van der Waals surface area (Å²) in [6, 6.07) is 23.5. The Hall–Kier alpha value is -2.80. The van der Waals surface area contributed by atoms with Gasteiger partial charge in [0.05, 0.1) is 0 Å². The first-order valence-corrected chi connectivity index (χ1v) is 10.7. The summed E-state index contributed by atoms with van der Waals surface area (Å²) in [5.41, 5.74) is 0. The number of hydrogen-bond donors (Lipinski definition) is 0. The second-order valence-electron chi connectivity index (χ2n) is 8.55. The van der Waals surface area contributed by atoms with Gasteiger partial charge in [-0.1, -0.05) is 49.6 Å². The van der Waals surface area contributed by atoms with E-state index in [1.54, 1.807) is 0 Å². The van der Waals surface area contributed by atoms with Crippen molar-refractivity contribution in [2.75, 3.05) is 6.54 Å². The van der Waals surface area contributed by atoms with Gasteiger partial charge in [-0.3, -0.25) is 0 Å². The topological polar surface area (TPSA) is 3.24 Å². The lowest BCUT2D eigenvalue weighted by Gasteiger charge is -2.34. The number of fused-ring (bicyclic) bond motifs is 4. The van der Waals surface area contributed by atoms with Crippen molar-refractivity contribution in [3.63, 3.8) is 0 Å². The molecule has 0 saturated heterocycles. The molecule has 1 aliphatic heterocycles. The van der Waals surface area contributed by atoms with Gasteiger partial charge in [-0.05, 0) is 92.0 Å². The molecule has 0 radical (unpaired) electrons. The van der Waals surface area contributed by atoms with Gasteiger partial charge in [0, 0.05) is 18.8 Å². The zero-order valence-electron chi connectivity index (χ0n) is 16.2. The van der Waals surface area contributed by atoms with Crippen LogP contribution in [0.5, 0.6) is 0 Å². The Kier molecular flexibility index (Phi) is 3.68. The van der Waals surface area contributed by atoms with Gasteiger partial charge in [0.15, 0.2) is 0 Å². The average molecular weight is 364 g/mol. The third-order valence-corrected chi connectivity index (χ3v) is 6.73. The quantitative estimate of drug-likeness (QED) is 0.414. The lowest BCUT2D eigenvalue weighted by molar-refractivity contribution is 0.258. The zero-order valence-corrected chi connectivity index (χ0v) is 16.2. The predicted octanol–water partition coefficient (Wildman–Crippen LogP) is 5.31. The molecule has 0 aromatic heterocycles. The van der Waals surface area contributed by atoms with Gasteiger partial charge in [0.1, 0.15) is 0 Å². The molecule has 1 heteroatoms. The Bertz CT molecular complexity index is 1330. The Labute approximate surface area is 165 Å². The van der Waals surface area contributed by atoms with E-state index < -0.39 is 0 Å². The van der Waals surface area contributed by atoms with Crippen LogP contribution in [0.1, 0.15) is 32.1 Å². The molecule has 1 fully saturated rings. The minimum absolute atomic E-state index is 0.733. The third-order valence-electron chi connectivity index (χ3n) is 6.73. The van der Waals surface area contributed by atoms with Gasteiger partial charge in [0.2, 0.25) is 0 Å². The summed E-state index contributed by atoms with van der Waals surface area (Å²) in [4.78, 5) is 2.59. The summed E-state index contributed by atoms with van der Waals surface area (Å²) in [6.45, 7) is 1.06. The summed E-state index contributed by atoms with van der Waals surface area (Å²) in [6.07, 6.45) is 11.7. The highest BCUT2D eigenvalue weighted by molar-refractivity contribution is 6.04. The Morgan fingerprint density at radius 2 is 1.18 bits per heavy atom. The second-order valence-corrected chi connectivity index (χ2v) is 8.55. The van der Waals surface area contributed by atoms with E-state index in [1.165, 1.54) is 74.9 Å². The van der Waals surface area contributed by atoms with Crippen LogP contribution >= 0.6 is 0 Å². The van der Waals surface area contributed by atoms with Crippen LogP contribution in [-0.2, 0) is 0 Å². The molecule has 1 aliphatic carbocycles. The van der Waals surface area contributed by atoms with Gasteiger partial charge in [-0.2, -0.15) is 0 Å². The molecule has 0 unspecified atom stereocenters. The highest BCUT2D eigenvalue weighted by atomic mass is 15.1. The van der Waals surface area contributed by atoms with E-state index in [1.807, 2.05) is 0 Å². The smallest absolute Gasteiger partial charge is 0.0366 e. The largest absolute Gasteiger partial charge is 0.370 e. The predicted molar refractivity (Wildman–Crippen MR) is 121 cm³/mol. The first-order chi connectivity index (χ1) is 13.8. The molecular weight excluding hydrogens is 338 g/mol. The van der Waals surface area contributed by atoms with Crippen molar-refractivity contribution >= 4 is 44.6 Å². The maximum Gasteiger partial charge on any atom is 0.0366 e. The summed E-state index contributed by atoms with van der Waals surface area (Å²) in [5.74, 6) is 0. The van der Waals surface area contributed by atoms with Crippen LogP contribution in [0.4, 0.5) is 0 Å². The normalized spacial score (nSPS) is 17.5. The Morgan fingerprint density at radius 1 is 0.607 bits per heavy atom. The lowest BCUT2D eigenvalue weighted by Crippen LogP contribution is -2.41. The van der Waals surface area contributed by atoms with E-state index in [-0.39, 0.29) is 0 Å². The molecule has 138 valence electrons. The fourth-order valence-corrected chi connectivity index (χ4v) is 5.17. The molecule has 1 heterocycles. The minimum Gasteiger partial charge on any atom is -0.370 e. The van der Waals surface area contributed by atoms with E-state index in [2.05, 4.69) is 77.8 Å². The molecule has 0 amide bonds. The molecule has 1 nitrogen and oxygen atoms in total. The van der Waals surface area contributed by atoms with Crippen molar-refractivity contribution in [2.24, 2.45) is 0 Å². The van der Waals surface area contributed by atoms with Crippen molar-refractivity contribution < 1.29 is 0 Å². The van der Waals surface area contributed by atoms with E-state index in [4.69, 9.17) is 0 Å². The minimum atomic E-state index is 0.733. The molecule has 1 saturated carbocycles. The first-order valence-electron chi connectivity index (χ1n) is 10.7. The van der Waals surface area contributed by atoms with Crippen molar-refractivity contribution in [1.82, 2.24) is 4.90 Å². The second kappa shape index (κ2) is 6.38. The van der Waals surface area contributed by atoms with Crippen molar-refractivity contribution in [2.45, 2.75) is 38.1 Å². The molecule has 4 aromatic rings. The summed E-state index contributed by atoms with van der Waals surface area (Å²) >= 11 is 0. The molecule has 2 aliphatic rings. The fraction of sp³-hybridized carbons (Fsp3) is 0.259. The first kappa shape index (κ1) is 16.2. The van der Waals surface area contributed by atoms with Crippen LogP contribution in [0, 0.1) is 0 Å². The summed E-state index contributed by atoms with van der Waals surface area (Å²) in [7, 11) is 0. The van der Waals surface area contributed by atoms with Gasteiger partial charge in [-0.15, -0.1) is 0 Å². The van der Waals surface area contributed by atoms with Crippen molar-refractivity contribution in [1.29, 1.82) is 0 Å². The SMILES string of the molecule is C1=c2cc3cc4cc5ccccc5cc4cc3cc2=CN(C2CCCCC2)C1. The highest BCUT2D eigenvalue weighted by Gasteiger charge is 2.19. The molecule has 0 spiro atoms. The summed E-state index contributed by atoms with van der Waals surface area (Å²) in [5, 5.41) is 10.7. The number of hydrogen-bond acceptors (Lipinski definition) is 1. The van der Waals surface area contributed by atoms with Crippen molar-refractivity contribution in [3.8, 4) is 0 Å². The molecule has 0 atom stereocenters. The highest BCUT2D eigenvalue weighted by Crippen LogP contribution is 2.27.